The van der Waals surface area contributed by atoms with E-state index in [9.17, 15) is 4.79 Å². The van der Waals surface area contributed by atoms with Crippen LogP contribution in [-0.4, -0.2) is 5.91 Å². The van der Waals surface area contributed by atoms with E-state index in [2.05, 4.69) is 5.32 Å². The van der Waals surface area contributed by atoms with Gasteiger partial charge in [-0.05, 0) is 36.2 Å². The molecule has 0 saturated carbocycles. The largest absolute Gasteiger partial charge is 0.381 e. The predicted molar refractivity (Wildman–Crippen MR) is 78.5 cm³/mol. The molecule has 3 nitrogen and oxygen atoms in total. The molecular weight excluding hydrogens is 260 g/mol. The first-order valence-corrected chi connectivity index (χ1v) is 6.33. The number of rotatable bonds is 4. The highest BCUT2D eigenvalue weighted by molar-refractivity contribution is 6.31. The lowest BCUT2D eigenvalue weighted by atomic mass is 10.1. The summed E-state index contributed by atoms with van der Waals surface area (Å²) in [7, 11) is 0. The molecule has 0 fully saturated rings. The van der Waals surface area contributed by atoms with Crippen LogP contribution in [0.3, 0.4) is 0 Å². The molecule has 4 heteroatoms. The molecule has 0 aliphatic carbocycles. The van der Waals surface area contributed by atoms with Gasteiger partial charge in [0.1, 0.15) is 0 Å². The highest BCUT2D eigenvalue weighted by Crippen LogP contribution is 2.20. The van der Waals surface area contributed by atoms with Crippen LogP contribution in [0.5, 0.6) is 0 Å². The van der Waals surface area contributed by atoms with Gasteiger partial charge in [-0.1, -0.05) is 35.9 Å². The van der Waals surface area contributed by atoms with Crippen LogP contribution in [0.4, 0.5) is 5.69 Å². The molecule has 0 spiro atoms. The Morgan fingerprint density at radius 1 is 1.26 bits per heavy atom. The molecule has 0 radical (unpaired) electrons. The summed E-state index contributed by atoms with van der Waals surface area (Å²) in [6.07, 6.45) is 0. The summed E-state index contributed by atoms with van der Waals surface area (Å²) in [6.45, 7) is 2.64. The van der Waals surface area contributed by atoms with Gasteiger partial charge in [-0.25, -0.2) is 0 Å². The molecule has 19 heavy (non-hydrogen) atoms. The normalized spacial score (nSPS) is 10.2. The van der Waals surface area contributed by atoms with Gasteiger partial charge in [-0.2, -0.15) is 0 Å². The maximum absolute atomic E-state index is 11.0. The molecule has 0 aromatic heterocycles. The van der Waals surface area contributed by atoms with E-state index in [4.69, 9.17) is 17.3 Å². The minimum Gasteiger partial charge on any atom is -0.381 e. The molecule has 0 atom stereocenters. The summed E-state index contributed by atoms with van der Waals surface area (Å²) >= 11 is 6.13. The third-order valence-electron chi connectivity index (χ3n) is 2.95. The minimum atomic E-state index is -0.472. The molecule has 2 rings (SSSR count). The highest BCUT2D eigenvalue weighted by atomic mass is 35.5. The van der Waals surface area contributed by atoms with E-state index in [0.717, 1.165) is 11.3 Å². The van der Waals surface area contributed by atoms with E-state index in [1.807, 2.05) is 37.3 Å². The molecule has 0 saturated heterocycles. The van der Waals surface area contributed by atoms with Gasteiger partial charge in [0.05, 0.1) is 0 Å². The summed E-state index contributed by atoms with van der Waals surface area (Å²) in [5, 5.41) is 3.86. The molecule has 3 N–H and O–H groups in total. The van der Waals surface area contributed by atoms with E-state index in [-0.39, 0.29) is 0 Å². The quantitative estimate of drug-likeness (QED) is 0.898. The highest BCUT2D eigenvalue weighted by Gasteiger charge is 2.06. The first kappa shape index (κ1) is 13.4. The molecule has 2 aromatic rings. The second-order valence-corrected chi connectivity index (χ2v) is 4.75. The molecular formula is C15H15ClN2O. The number of primary amides is 1. The first-order valence-electron chi connectivity index (χ1n) is 5.95. The van der Waals surface area contributed by atoms with Crippen molar-refractivity contribution in [2.24, 2.45) is 5.73 Å². The number of carbonyl (C=O) groups is 1. The van der Waals surface area contributed by atoms with Crippen molar-refractivity contribution in [2.45, 2.75) is 13.5 Å². The van der Waals surface area contributed by atoms with Crippen molar-refractivity contribution < 1.29 is 4.79 Å². The average Bonchev–Trinajstić information content (AvgIpc) is 2.39. The Labute approximate surface area is 117 Å². The number of amides is 1. The fraction of sp³-hybridized carbons (Fsp3) is 0.133. The zero-order valence-corrected chi connectivity index (χ0v) is 11.4. The van der Waals surface area contributed by atoms with Crippen molar-refractivity contribution >= 4 is 23.2 Å². The molecule has 0 bridgehead atoms. The number of para-hydroxylation sites is 1. The van der Waals surface area contributed by atoms with Crippen molar-refractivity contribution in [2.75, 3.05) is 5.32 Å². The zero-order valence-electron chi connectivity index (χ0n) is 10.6. The van der Waals surface area contributed by atoms with E-state index in [1.165, 1.54) is 5.56 Å². The zero-order chi connectivity index (χ0) is 13.8. The average molecular weight is 275 g/mol. The summed E-state index contributed by atoms with van der Waals surface area (Å²) < 4.78 is 0. The standard InChI is InChI=1S/C15H15ClN2O/c1-10-4-2-3-5-14(10)18-9-12-7-6-11(15(17)19)8-13(12)16/h2-8,18H,9H2,1H3,(H2,17,19). The fourth-order valence-corrected chi connectivity index (χ4v) is 2.05. The van der Waals surface area contributed by atoms with E-state index >= 15 is 0 Å². The van der Waals surface area contributed by atoms with Gasteiger partial charge < -0.3 is 11.1 Å². The Kier molecular flexibility index (Phi) is 4.07. The Hall–Kier alpha value is -2.00. The van der Waals surface area contributed by atoms with Gasteiger partial charge in [-0.3, -0.25) is 4.79 Å². The Morgan fingerprint density at radius 3 is 2.63 bits per heavy atom. The van der Waals surface area contributed by atoms with Gasteiger partial charge in [0.15, 0.2) is 0 Å². The monoisotopic (exact) mass is 274 g/mol. The lowest BCUT2D eigenvalue weighted by Crippen LogP contribution is -2.11. The van der Waals surface area contributed by atoms with Crippen molar-refractivity contribution in [3.05, 3.63) is 64.2 Å². The van der Waals surface area contributed by atoms with Crippen LogP contribution < -0.4 is 11.1 Å². The predicted octanol–water partition coefficient (Wildman–Crippen LogP) is 3.36. The van der Waals surface area contributed by atoms with Crippen molar-refractivity contribution in [3.63, 3.8) is 0 Å². The van der Waals surface area contributed by atoms with Gasteiger partial charge in [-0.15, -0.1) is 0 Å². The second-order valence-electron chi connectivity index (χ2n) is 4.34. The summed E-state index contributed by atoms with van der Waals surface area (Å²) in [4.78, 5) is 11.0. The Bertz CT molecular complexity index is 611. The maximum atomic E-state index is 11.0. The number of carbonyl (C=O) groups excluding carboxylic acids is 1. The number of nitrogens with two attached hydrogens (primary N) is 1. The van der Waals surface area contributed by atoms with Gasteiger partial charge >= 0.3 is 0 Å². The summed E-state index contributed by atoms with van der Waals surface area (Å²) in [5.74, 6) is -0.472. The topological polar surface area (TPSA) is 55.1 Å². The molecule has 0 aliphatic rings. The van der Waals surface area contributed by atoms with Crippen LogP contribution in [0.15, 0.2) is 42.5 Å². The van der Waals surface area contributed by atoms with Gasteiger partial charge in [0, 0.05) is 22.8 Å². The molecule has 0 heterocycles. The summed E-state index contributed by atoms with van der Waals surface area (Å²) in [5.41, 5.74) is 8.79. The maximum Gasteiger partial charge on any atom is 0.248 e. The van der Waals surface area contributed by atoms with E-state index < -0.39 is 5.91 Å². The lowest BCUT2D eigenvalue weighted by molar-refractivity contribution is 0.100. The third kappa shape index (κ3) is 3.26. The number of nitrogens with one attached hydrogen (secondary N) is 1. The Morgan fingerprint density at radius 2 is 2.00 bits per heavy atom. The number of anilines is 1. The number of halogens is 1. The summed E-state index contributed by atoms with van der Waals surface area (Å²) in [6, 6.07) is 13.1. The van der Waals surface area contributed by atoms with Crippen LogP contribution in [0.1, 0.15) is 21.5 Å². The second kappa shape index (κ2) is 5.76. The molecule has 0 aliphatic heterocycles. The van der Waals surface area contributed by atoms with Crippen molar-refractivity contribution in [1.82, 2.24) is 0 Å². The van der Waals surface area contributed by atoms with Crippen LogP contribution in [0, 0.1) is 6.92 Å². The van der Waals surface area contributed by atoms with Crippen LogP contribution in [0.25, 0.3) is 0 Å². The molecule has 1 amide bonds. The van der Waals surface area contributed by atoms with E-state index in [0.29, 0.717) is 17.1 Å². The first-order chi connectivity index (χ1) is 9.08. The Balaban J connectivity index is 2.12. The number of aryl methyl sites for hydroxylation is 1. The van der Waals surface area contributed by atoms with Crippen molar-refractivity contribution in [3.8, 4) is 0 Å². The van der Waals surface area contributed by atoms with Crippen LogP contribution in [-0.2, 0) is 6.54 Å². The molecule has 2 aromatic carbocycles. The molecule has 98 valence electrons. The van der Waals surface area contributed by atoms with E-state index in [1.54, 1.807) is 12.1 Å². The molecule has 0 unspecified atom stereocenters. The van der Waals surface area contributed by atoms with Crippen LogP contribution >= 0.6 is 11.6 Å². The van der Waals surface area contributed by atoms with Gasteiger partial charge in [0.25, 0.3) is 0 Å². The van der Waals surface area contributed by atoms with Crippen LogP contribution in [0.2, 0.25) is 5.02 Å². The third-order valence-corrected chi connectivity index (χ3v) is 3.30. The lowest BCUT2D eigenvalue weighted by Gasteiger charge is -2.11. The smallest absolute Gasteiger partial charge is 0.248 e. The fourth-order valence-electron chi connectivity index (χ4n) is 1.81. The number of hydrogen-bond donors (Lipinski definition) is 2. The van der Waals surface area contributed by atoms with Crippen molar-refractivity contribution in [1.29, 1.82) is 0 Å². The number of benzene rings is 2. The number of hydrogen-bond acceptors (Lipinski definition) is 2. The SMILES string of the molecule is Cc1ccccc1NCc1ccc(C(N)=O)cc1Cl. The van der Waals surface area contributed by atoms with Gasteiger partial charge in [0.2, 0.25) is 5.91 Å². The minimum absolute atomic E-state index is 0.421.